The number of nitrogens with one attached hydrogen (secondary N) is 4. The van der Waals surface area contributed by atoms with E-state index in [9.17, 15) is 14.4 Å². The molecule has 0 atom stereocenters. The molecule has 0 saturated carbocycles. The molecule has 0 radical (unpaired) electrons. The zero-order valence-electron chi connectivity index (χ0n) is 25.1. The SMILES string of the molecule is COc1cccc(NC(=O)Nc2cccc(C(=O)c3ccc4c(c3)NC(=O)C4=CNc3ccc(N4CCN(C)CC4)cc3)c2)c1. The second-order valence-electron chi connectivity index (χ2n) is 11.0. The average Bonchev–Trinajstić information content (AvgIpc) is 3.38. The summed E-state index contributed by atoms with van der Waals surface area (Å²) < 4.78 is 5.19. The average molecular weight is 603 g/mol. The standard InChI is InChI=1S/C35H34N6O4/c1-40-15-17-41(18-16-40)28-12-10-25(11-13-28)36-22-31-30-14-9-24(20-32(30)39-34(31)43)33(42)23-5-3-6-26(19-23)37-35(44)38-27-7-4-8-29(21-27)45-2/h3-14,19-22,36H,15-18H2,1-2H3,(H,39,43)(H2,37,38,44). The highest BCUT2D eigenvalue weighted by Gasteiger charge is 2.25. The Morgan fingerprint density at radius 3 is 2.22 bits per heavy atom. The molecule has 0 spiro atoms. The number of fused-ring (bicyclic) bond motifs is 1. The van der Waals surface area contributed by atoms with Gasteiger partial charge in [-0.2, -0.15) is 0 Å². The highest BCUT2D eigenvalue weighted by molar-refractivity contribution is 6.32. The minimum Gasteiger partial charge on any atom is -0.497 e. The van der Waals surface area contributed by atoms with Gasteiger partial charge in [-0.3, -0.25) is 9.59 Å². The molecule has 0 bridgehead atoms. The summed E-state index contributed by atoms with van der Waals surface area (Å²) in [6.07, 6.45) is 1.69. The molecule has 3 amide bonds. The maximum Gasteiger partial charge on any atom is 0.323 e. The quantitative estimate of drug-likeness (QED) is 0.151. The molecular weight excluding hydrogens is 568 g/mol. The number of ketones is 1. The minimum absolute atomic E-state index is 0.236. The van der Waals surface area contributed by atoms with Crippen molar-refractivity contribution in [2.75, 3.05) is 66.5 Å². The first-order chi connectivity index (χ1) is 21.9. The Bertz CT molecular complexity index is 1780. The van der Waals surface area contributed by atoms with Crippen LogP contribution in [0.1, 0.15) is 21.5 Å². The number of urea groups is 1. The number of likely N-dealkylation sites (N-methyl/N-ethyl adjacent to an activating group) is 1. The Balaban J connectivity index is 1.11. The molecule has 0 aromatic heterocycles. The van der Waals surface area contributed by atoms with Gasteiger partial charge in [-0.1, -0.05) is 30.3 Å². The van der Waals surface area contributed by atoms with E-state index in [1.165, 1.54) is 5.69 Å². The van der Waals surface area contributed by atoms with E-state index < -0.39 is 6.03 Å². The summed E-state index contributed by atoms with van der Waals surface area (Å²) in [7, 11) is 3.69. The second-order valence-corrected chi connectivity index (χ2v) is 11.0. The topological polar surface area (TPSA) is 115 Å². The molecule has 2 heterocycles. The molecule has 6 rings (SSSR count). The molecule has 4 N–H and O–H groups in total. The van der Waals surface area contributed by atoms with E-state index in [1.54, 1.807) is 80.0 Å². The number of methoxy groups -OCH3 is 1. The largest absolute Gasteiger partial charge is 0.497 e. The number of hydrogen-bond acceptors (Lipinski definition) is 7. The third-order valence-corrected chi connectivity index (χ3v) is 7.89. The molecule has 4 aromatic rings. The molecule has 0 unspecified atom stereocenters. The van der Waals surface area contributed by atoms with Crippen LogP contribution >= 0.6 is 0 Å². The van der Waals surface area contributed by atoms with Crippen molar-refractivity contribution in [2.45, 2.75) is 0 Å². The van der Waals surface area contributed by atoms with Crippen LogP contribution in [0, 0.1) is 0 Å². The fourth-order valence-electron chi connectivity index (χ4n) is 5.37. The van der Waals surface area contributed by atoms with Crippen molar-refractivity contribution in [2.24, 2.45) is 0 Å². The van der Waals surface area contributed by atoms with Crippen LogP contribution in [0.4, 0.5) is 33.2 Å². The Labute approximate surface area is 261 Å². The zero-order chi connectivity index (χ0) is 31.3. The molecule has 45 heavy (non-hydrogen) atoms. The summed E-state index contributed by atoms with van der Waals surface area (Å²) in [4.78, 5) is 43.5. The van der Waals surface area contributed by atoms with Gasteiger partial charge in [0, 0.05) is 83.6 Å². The number of benzene rings is 4. The third kappa shape index (κ3) is 6.81. The molecule has 228 valence electrons. The molecule has 0 aliphatic carbocycles. The number of anilines is 5. The smallest absolute Gasteiger partial charge is 0.323 e. The van der Waals surface area contributed by atoms with E-state index in [0.717, 1.165) is 31.9 Å². The van der Waals surface area contributed by atoms with Crippen LogP contribution in [-0.2, 0) is 4.79 Å². The summed E-state index contributed by atoms with van der Waals surface area (Å²) in [6.45, 7) is 4.09. The lowest BCUT2D eigenvalue weighted by molar-refractivity contribution is -0.110. The number of hydrogen-bond donors (Lipinski definition) is 4. The van der Waals surface area contributed by atoms with E-state index >= 15 is 0 Å². The summed E-state index contributed by atoms with van der Waals surface area (Å²) in [5.74, 6) is 0.139. The molecule has 10 nitrogen and oxygen atoms in total. The lowest BCUT2D eigenvalue weighted by Crippen LogP contribution is -2.44. The summed E-state index contributed by atoms with van der Waals surface area (Å²) in [6, 6.07) is 26.6. The highest BCUT2D eigenvalue weighted by Crippen LogP contribution is 2.33. The Morgan fingerprint density at radius 2 is 1.49 bits per heavy atom. The van der Waals surface area contributed by atoms with Crippen molar-refractivity contribution in [1.82, 2.24) is 4.90 Å². The van der Waals surface area contributed by atoms with Crippen molar-refractivity contribution in [3.8, 4) is 5.75 Å². The van der Waals surface area contributed by atoms with Gasteiger partial charge in [0.15, 0.2) is 5.78 Å². The van der Waals surface area contributed by atoms with Crippen molar-refractivity contribution in [3.63, 3.8) is 0 Å². The van der Waals surface area contributed by atoms with E-state index in [2.05, 4.69) is 50.2 Å². The first-order valence-electron chi connectivity index (χ1n) is 14.7. The normalized spacial score (nSPS) is 15.3. The van der Waals surface area contributed by atoms with Crippen LogP contribution in [0.25, 0.3) is 5.57 Å². The third-order valence-electron chi connectivity index (χ3n) is 7.89. The number of amides is 3. The fourth-order valence-corrected chi connectivity index (χ4v) is 5.37. The number of ether oxygens (including phenoxy) is 1. The summed E-state index contributed by atoms with van der Waals surface area (Å²) in [5, 5.41) is 11.6. The van der Waals surface area contributed by atoms with Crippen LogP contribution in [0.2, 0.25) is 0 Å². The van der Waals surface area contributed by atoms with E-state index in [1.807, 2.05) is 12.1 Å². The first-order valence-corrected chi connectivity index (χ1v) is 14.7. The molecular formula is C35H34N6O4. The van der Waals surface area contributed by atoms with Crippen LogP contribution in [0.3, 0.4) is 0 Å². The molecule has 2 aliphatic rings. The van der Waals surface area contributed by atoms with Gasteiger partial charge in [0.2, 0.25) is 0 Å². The molecule has 10 heteroatoms. The van der Waals surface area contributed by atoms with Crippen LogP contribution in [-0.4, -0.2) is 63.0 Å². The maximum atomic E-state index is 13.4. The molecule has 1 saturated heterocycles. The van der Waals surface area contributed by atoms with Crippen molar-refractivity contribution in [1.29, 1.82) is 0 Å². The van der Waals surface area contributed by atoms with E-state index in [-0.39, 0.29) is 11.7 Å². The Morgan fingerprint density at radius 1 is 0.800 bits per heavy atom. The predicted octanol–water partition coefficient (Wildman–Crippen LogP) is 5.73. The van der Waals surface area contributed by atoms with Gasteiger partial charge in [-0.15, -0.1) is 0 Å². The number of nitrogens with zero attached hydrogens (tertiary/aromatic N) is 2. The van der Waals surface area contributed by atoms with Crippen molar-refractivity contribution < 1.29 is 19.1 Å². The van der Waals surface area contributed by atoms with E-state index in [0.29, 0.717) is 45.1 Å². The molecule has 1 fully saturated rings. The van der Waals surface area contributed by atoms with Gasteiger partial charge in [-0.05, 0) is 61.6 Å². The lowest BCUT2D eigenvalue weighted by Gasteiger charge is -2.34. The van der Waals surface area contributed by atoms with Gasteiger partial charge in [-0.25, -0.2) is 4.79 Å². The fraction of sp³-hybridized carbons (Fsp3) is 0.171. The predicted molar refractivity (Wildman–Crippen MR) is 178 cm³/mol. The maximum absolute atomic E-state index is 13.4. The van der Waals surface area contributed by atoms with Gasteiger partial charge >= 0.3 is 6.03 Å². The Kier molecular flexibility index (Phi) is 8.47. The minimum atomic E-state index is -0.452. The molecule has 4 aromatic carbocycles. The number of carbonyl (C=O) groups is 3. The van der Waals surface area contributed by atoms with Gasteiger partial charge in [0.1, 0.15) is 5.75 Å². The van der Waals surface area contributed by atoms with Gasteiger partial charge < -0.3 is 35.8 Å². The monoisotopic (exact) mass is 602 g/mol. The van der Waals surface area contributed by atoms with Gasteiger partial charge in [0.25, 0.3) is 5.91 Å². The van der Waals surface area contributed by atoms with Crippen molar-refractivity contribution >= 4 is 51.7 Å². The van der Waals surface area contributed by atoms with Crippen LogP contribution in [0.5, 0.6) is 5.75 Å². The first kappa shape index (κ1) is 29.5. The Hall–Kier alpha value is -5.61. The number of carbonyl (C=O) groups excluding carboxylic acids is 3. The summed E-state index contributed by atoms with van der Waals surface area (Å²) in [5.41, 5.74) is 5.67. The number of rotatable bonds is 8. The number of piperazine rings is 1. The van der Waals surface area contributed by atoms with Gasteiger partial charge in [0.05, 0.1) is 12.7 Å². The highest BCUT2D eigenvalue weighted by atomic mass is 16.5. The van der Waals surface area contributed by atoms with E-state index in [4.69, 9.17) is 4.74 Å². The van der Waals surface area contributed by atoms with Crippen LogP contribution in [0.15, 0.2) is 97.2 Å². The van der Waals surface area contributed by atoms with Crippen LogP contribution < -0.4 is 30.9 Å². The summed E-state index contributed by atoms with van der Waals surface area (Å²) >= 11 is 0. The van der Waals surface area contributed by atoms with Crippen molar-refractivity contribution in [3.05, 3.63) is 114 Å². The zero-order valence-corrected chi connectivity index (χ0v) is 25.1. The lowest BCUT2D eigenvalue weighted by atomic mass is 9.99. The molecule has 2 aliphatic heterocycles. The second kappa shape index (κ2) is 12.9.